The van der Waals surface area contributed by atoms with Gasteiger partial charge in [-0.2, -0.15) is 0 Å². The highest BCUT2D eigenvalue weighted by Crippen LogP contribution is 2.40. The molecule has 0 atom stereocenters. The molecule has 0 unspecified atom stereocenters. The maximum Gasteiger partial charge on any atom is 0.234 e. The smallest absolute Gasteiger partial charge is 0.234 e. The molecule has 3 N–H and O–H groups in total. The Bertz CT molecular complexity index is 829. The zero-order valence-electron chi connectivity index (χ0n) is 15.0. The summed E-state index contributed by atoms with van der Waals surface area (Å²) in [4.78, 5) is 23.4. The second kappa shape index (κ2) is 7.90. The average molecular weight is 373 g/mol. The van der Waals surface area contributed by atoms with Crippen LogP contribution in [0.1, 0.15) is 42.1 Å². The first kappa shape index (κ1) is 18.4. The Morgan fingerprint density at radius 3 is 2.73 bits per heavy atom. The number of benzene rings is 1. The molecule has 138 valence electrons. The number of nitrogens with zero attached hydrogens (tertiary/aromatic N) is 3. The molecule has 1 saturated carbocycles. The van der Waals surface area contributed by atoms with E-state index in [0.717, 1.165) is 35.5 Å². The number of hydrogen-bond donors (Lipinski definition) is 2. The Labute approximate surface area is 156 Å². The molecule has 26 heavy (non-hydrogen) atoms. The topological polar surface area (TPSA) is 103 Å². The van der Waals surface area contributed by atoms with Gasteiger partial charge in [0.25, 0.3) is 0 Å². The van der Waals surface area contributed by atoms with E-state index in [2.05, 4.69) is 15.5 Å². The highest BCUT2D eigenvalue weighted by molar-refractivity contribution is 7.99. The molecule has 0 radical (unpaired) electrons. The Hall–Kier alpha value is -2.35. The molecule has 1 aliphatic rings. The first-order chi connectivity index (χ1) is 12.4. The molecule has 0 bridgehead atoms. The van der Waals surface area contributed by atoms with E-state index in [1.807, 2.05) is 36.6 Å². The molecule has 1 heterocycles. The van der Waals surface area contributed by atoms with Crippen molar-refractivity contribution in [1.82, 2.24) is 14.8 Å². The van der Waals surface area contributed by atoms with Crippen molar-refractivity contribution in [3.05, 3.63) is 35.2 Å². The van der Waals surface area contributed by atoms with Crippen LogP contribution < -0.4 is 11.1 Å². The summed E-state index contributed by atoms with van der Waals surface area (Å²) in [5.74, 6) is 1.08. The molecule has 1 aliphatic carbocycles. The Morgan fingerprint density at radius 2 is 2.08 bits per heavy atom. The number of amides is 2. The zero-order valence-corrected chi connectivity index (χ0v) is 15.8. The van der Waals surface area contributed by atoms with Gasteiger partial charge in [-0.15, -0.1) is 10.2 Å². The Morgan fingerprint density at radius 1 is 1.31 bits per heavy atom. The normalized spacial score (nSPS) is 13.6. The van der Waals surface area contributed by atoms with Gasteiger partial charge in [0, 0.05) is 24.6 Å². The van der Waals surface area contributed by atoms with Crippen LogP contribution in [-0.2, 0) is 16.1 Å². The lowest BCUT2D eigenvalue weighted by atomic mass is 10.1. The molecule has 1 fully saturated rings. The van der Waals surface area contributed by atoms with E-state index in [0.29, 0.717) is 17.6 Å². The lowest BCUT2D eigenvalue weighted by Crippen LogP contribution is -2.17. The number of carbonyl (C=O) groups is 2. The highest BCUT2D eigenvalue weighted by Gasteiger charge is 2.30. The highest BCUT2D eigenvalue weighted by atomic mass is 32.2. The molecule has 3 rings (SSSR count). The molecule has 1 aromatic carbocycles. The molecule has 7 nitrogen and oxygen atoms in total. The van der Waals surface area contributed by atoms with Gasteiger partial charge in [-0.3, -0.25) is 9.59 Å². The lowest BCUT2D eigenvalue weighted by molar-refractivity contribution is -0.118. The van der Waals surface area contributed by atoms with Crippen molar-refractivity contribution >= 4 is 29.3 Å². The molecule has 0 saturated heterocycles. The third kappa shape index (κ3) is 4.63. The van der Waals surface area contributed by atoms with E-state index in [-0.39, 0.29) is 24.0 Å². The van der Waals surface area contributed by atoms with E-state index >= 15 is 0 Å². The van der Waals surface area contributed by atoms with Gasteiger partial charge in [0.1, 0.15) is 5.82 Å². The average Bonchev–Trinajstić information content (AvgIpc) is 3.34. The predicted octanol–water partition coefficient (Wildman–Crippen LogP) is 2.38. The molecule has 2 aromatic rings. The minimum absolute atomic E-state index is 0.0978. The van der Waals surface area contributed by atoms with Crippen LogP contribution in [0.15, 0.2) is 23.4 Å². The van der Waals surface area contributed by atoms with Crippen molar-refractivity contribution in [1.29, 1.82) is 0 Å². The van der Waals surface area contributed by atoms with Crippen LogP contribution in [0.4, 0.5) is 5.69 Å². The van der Waals surface area contributed by atoms with Gasteiger partial charge in [0.05, 0.1) is 5.75 Å². The Balaban J connectivity index is 1.63. The van der Waals surface area contributed by atoms with Crippen molar-refractivity contribution in [2.45, 2.75) is 50.7 Å². The van der Waals surface area contributed by atoms with Crippen molar-refractivity contribution in [3.63, 3.8) is 0 Å². The number of primary amides is 1. The summed E-state index contributed by atoms with van der Waals surface area (Å²) in [7, 11) is 0. The second-order valence-electron chi connectivity index (χ2n) is 6.64. The van der Waals surface area contributed by atoms with Gasteiger partial charge < -0.3 is 15.6 Å². The summed E-state index contributed by atoms with van der Waals surface area (Å²) in [5.41, 5.74) is 8.27. The molecule has 2 amide bonds. The summed E-state index contributed by atoms with van der Waals surface area (Å²) < 4.78 is 1.93. The number of anilines is 1. The Kier molecular flexibility index (Phi) is 5.61. The first-order valence-corrected chi connectivity index (χ1v) is 9.64. The molecular weight excluding hydrogens is 350 g/mol. The monoisotopic (exact) mass is 373 g/mol. The van der Waals surface area contributed by atoms with Gasteiger partial charge in [-0.25, -0.2) is 0 Å². The molecule has 8 heteroatoms. The third-order valence-electron chi connectivity index (χ3n) is 4.26. The van der Waals surface area contributed by atoms with Gasteiger partial charge in [0.2, 0.25) is 11.8 Å². The number of aryl methyl sites for hydroxylation is 2. The van der Waals surface area contributed by atoms with Crippen LogP contribution in [0.3, 0.4) is 0 Å². The standard InChI is InChI=1S/C18H23N5O2S/c1-11-3-6-14(12(2)9-11)20-16(25)10-26-18-22-21-17(13-4-5-13)23(18)8-7-15(19)24/h3,6,9,13H,4-5,7-8,10H2,1-2H3,(H2,19,24)(H,20,25). The van der Waals surface area contributed by atoms with Crippen LogP contribution in [-0.4, -0.2) is 32.3 Å². The minimum Gasteiger partial charge on any atom is -0.370 e. The molecule has 1 aromatic heterocycles. The van der Waals surface area contributed by atoms with Gasteiger partial charge >= 0.3 is 0 Å². The van der Waals surface area contributed by atoms with E-state index in [1.54, 1.807) is 0 Å². The molecule has 0 spiro atoms. The predicted molar refractivity (Wildman–Crippen MR) is 101 cm³/mol. The fourth-order valence-electron chi connectivity index (χ4n) is 2.75. The number of carbonyl (C=O) groups excluding carboxylic acids is 2. The van der Waals surface area contributed by atoms with E-state index in [9.17, 15) is 9.59 Å². The maximum absolute atomic E-state index is 12.3. The van der Waals surface area contributed by atoms with Crippen molar-refractivity contribution in [2.24, 2.45) is 5.73 Å². The summed E-state index contributed by atoms with van der Waals surface area (Å²) >= 11 is 1.33. The number of hydrogen-bond acceptors (Lipinski definition) is 5. The number of thioether (sulfide) groups is 1. The van der Waals surface area contributed by atoms with Crippen LogP contribution in [0.25, 0.3) is 0 Å². The number of rotatable bonds is 8. The molecule has 0 aliphatic heterocycles. The number of nitrogens with two attached hydrogens (primary N) is 1. The van der Waals surface area contributed by atoms with Gasteiger partial charge in [-0.1, -0.05) is 29.5 Å². The minimum atomic E-state index is -0.357. The largest absolute Gasteiger partial charge is 0.370 e. The van der Waals surface area contributed by atoms with Crippen molar-refractivity contribution < 1.29 is 9.59 Å². The number of nitrogens with one attached hydrogen (secondary N) is 1. The van der Waals surface area contributed by atoms with Crippen LogP contribution in [0.5, 0.6) is 0 Å². The quantitative estimate of drug-likeness (QED) is 0.692. The summed E-state index contributed by atoms with van der Waals surface area (Å²) in [6.45, 7) is 4.44. The van der Waals surface area contributed by atoms with Crippen molar-refractivity contribution in [2.75, 3.05) is 11.1 Å². The summed E-state index contributed by atoms with van der Waals surface area (Å²) in [6, 6.07) is 5.91. The van der Waals surface area contributed by atoms with E-state index in [4.69, 9.17) is 5.73 Å². The number of aromatic nitrogens is 3. The SMILES string of the molecule is Cc1ccc(NC(=O)CSc2nnc(C3CC3)n2CCC(N)=O)c(C)c1. The first-order valence-electron chi connectivity index (χ1n) is 8.65. The second-order valence-corrected chi connectivity index (χ2v) is 7.58. The third-order valence-corrected chi connectivity index (χ3v) is 5.22. The maximum atomic E-state index is 12.3. The summed E-state index contributed by atoms with van der Waals surface area (Å²) in [6.07, 6.45) is 2.42. The van der Waals surface area contributed by atoms with E-state index in [1.165, 1.54) is 11.8 Å². The fraction of sp³-hybridized carbons (Fsp3) is 0.444. The van der Waals surface area contributed by atoms with Gasteiger partial charge in [0.15, 0.2) is 5.16 Å². The van der Waals surface area contributed by atoms with Crippen LogP contribution >= 0.6 is 11.8 Å². The van der Waals surface area contributed by atoms with Crippen molar-refractivity contribution in [3.8, 4) is 0 Å². The summed E-state index contributed by atoms with van der Waals surface area (Å²) in [5, 5.41) is 12.0. The van der Waals surface area contributed by atoms with Gasteiger partial charge in [-0.05, 0) is 38.3 Å². The van der Waals surface area contributed by atoms with Crippen LogP contribution in [0, 0.1) is 13.8 Å². The van der Waals surface area contributed by atoms with Crippen LogP contribution in [0.2, 0.25) is 0 Å². The lowest BCUT2D eigenvalue weighted by Gasteiger charge is -2.10. The van der Waals surface area contributed by atoms with E-state index < -0.39 is 0 Å². The molecular formula is C18H23N5O2S. The zero-order chi connectivity index (χ0) is 18.7. The fourth-order valence-corrected chi connectivity index (χ4v) is 3.52.